The second-order valence-corrected chi connectivity index (χ2v) is 7.33. The van der Waals surface area contributed by atoms with Gasteiger partial charge < -0.3 is 5.32 Å². The highest BCUT2D eigenvalue weighted by Gasteiger charge is 2.39. The lowest BCUT2D eigenvalue weighted by atomic mass is 9.73. The van der Waals surface area contributed by atoms with Gasteiger partial charge in [-0.1, -0.05) is 19.3 Å². The van der Waals surface area contributed by atoms with Gasteiger partial charge >= 0.3 is 6.18 Å². The van der Waals surface area contributed by atoms with Crippen molar-refractivity contribution < 1.29 is 13.2 Å². The first-order chi connectivity index (χ1) is 9.80. The van der Waals surface area contributed by atoms with Crippen LogP contribution >= 0.6 is 0 Å². The minimum Gasteiger partial charge on any atom is -0.313 e. The predicted octanol–water partition coefficient (Wildman–Crippen LogP) is 3.96. The zero-order valence-corrected chi connectivity index (χ0v) is 13.3. The summed E-state index contributed by atoms with van der Waals surface area (Å²) < 4.78 is 38.4. The van der Waals surface area contributed by atoms with Crippen molar-refractivity contribution in [2.45, 2.75) is 77.1 Å². The minimum atomic E-state index is -4.11. The molecule has 2 rings (SSSR count). The normalized spacial score (nSPS) is 23.0. The lowest BCUT2D eigenvalue weighted by Crippen LogP contribution is -2.50. The third kappa shape index (κ3) is 5.78. The van der Waals surface area contributed by atoms with Crippen LogP contribution in [0.1, 0.15) is 58.8 Å². The van der Waals surface area contributed by atoms with Gasteiger partial charge in [-0.05, 0) is 44.9 Å². The third-order valence-electron chi connectivity index (χ3n) is 4.91. The number of hydrogen-bond donors (Lipinski definition) is 1. The van der Waals surface area contributed by atoms with Crippen LogP contribution in [0.25, 0.3) is 0 Å². The largest absolute Gasteiger partial charge is 0.401 e. The Hall–Kier alpha value is -0.290. The van der Waals surface area contributed by atoms with Gasteiger partial charge in [0.2, 0.25) is 0 Å². The van der Waals surface area contributed by atoms with Gasteiger partial charge in [0.1, 0.15) is 0 Å². The van der Waals surface area contributed by atoms with Crippen molar-refractivity contribution in [1.82, 2.24) is 10.2 Å². The topological polar surface area (TPSA) is 15.3 Å². The monoisotopic (exact) mass is 306 g/mol. The first-order valence-corrected chi connectivity index (χ1v) is 8.34. The molecule has 0 saturated heterocycles. The van der Waals surface area contributed by atoms with Crippen molar-refractivity contribution in [1.29, 1.82) is 0 Å². The van der Waals surface area contributed by atoms with Crippen molar-refractivity contribution in [3.05, 3.63) is 0 Å². The smallest absolute Gasteiger partial charge is 0.313 e. The zero-order valence-electron chi connectivity index (χ0n) is 13.3. The number of halogens is 3. The molecule has 21 heavy (non-hydrogen) atoms. The Bertz CT molecular complexity index is 318. The van der Waals surface area contributed by atoms with Gasteiger partial charge in [-0.3, -0.25) is 4.90 Å². The van der Waals surface area contributed by atoms with Crippen LogP contribution in [0.15, 0.2) is 0 Å². The van der Waals surface area contributed by atoms with Gasteiger partial charge in [-0.2, -0.15) is 13.2 Å². The Labute approximate surface area is 126 Å². The van der Waals surface area contributed by atoms with E-state index < -0.39 is 12.7 Å². The van der Waals surface area contributed by atoms with Crippen molar-refractivity contribution in [2.75, 3.05) is 19.6 Å². The Kier molecular flexibility index (Phi) is 5.58. The van der Waals surface area contributed by atoms with Gasteiger partial charge in [-0.25, -0.2) is 0 Å². The fourth-order valence-electron chi connectivity index (χ4n) is 3.42. The molecular formula is C16H29F3N2. The summed E-state index contributed by atoms with van der Waals surface area (Å²) in [5, 5.41) is 3.57. The quantitative estimate of drug-likeness (QED) is 0.766. The van der Waals surface area contributed by atoms with E-state index in [2.05, 4.69) is 5.32 Å². The Balaban J connectivity index is 1.99. The lowest BCUT2D eigenvalue weighted by Gasteiger charge is -2.43. The molecule has 2 fully saturated rings. The summed E-state index contributed by atoms with van der Waals surface area (Å²) in [4.78, 5) is 1.62. The molecule has 0 aromatic heterocycles. The summed E-state index contributed by atoms with van der Waals surface area (Å²) in [6.45, 7) is 4.42. The van der Waals surface area contributed by atoms with Gasteiger partial charge in [0.05, 0.1) is 6.54 Å². The van der Waals surface area contributed by atoms with Crippen molar-refractivity contribution in [3.8, 4) is 0 Å². The molecule has 124 valence electrons. The molecule has 5 heteroatoms. The van der Waals surface area contributed by atoms with Crippen molar-refractivity contribution in [2.24, 2.45) is 5.41 Å². The summed E-state index contributed by atoms with van der Waals surface area (Å²) in [6.07, 6.45) is 4.02. The zero-order chi connectivity index (χ0) is 15.5. The fourth-order valence-corrected chi connectivity index (χ4v) is 3.42. The van der Waals surface area contributed by atoms with Crippen LogP contribution in [-0.4, -0.2) is 42.8 Å². The Morgan fingerprint density at radius 2 is 1.76 bits per heavy atom. The second kappa shape index (κ2) is 6.86. The standard InChI is InChI=1S/C16H29F3N2/c1-13(2)21(12-16(17,18)19)11-15(8-4-3-5-9-15)10-20-14-6-7-14/h13-14,20H,3-12H2,1-2H3. The molecule has 2 nitrogen and oxygen atoms in total. The highest BCUT2D eigenvalue weighted by atomic mass is 19.4. The fraction of sp³-hybridized carbons (Fsp3) is 1.00. The van der Waals surface area contributed by atoms with Crippen LogP contribution in [0, 0.1) is 5.41 Å². The van der Waals surface area contributed by atoms with E-state index in [-0.39, 0.29) is 11.5 Å². The van der Waals surface area contributed by atoms with E-state index in [9.17, 15) is 13.2 Å². The summed E-state index contributed by atoms with van der Waals surface area (Å²) in [7, 11) is 0. The van der Waals surface area contributed by atoms with Crippen molar-refractivity contribution >= 4 is 0 Å². The van der Waals surface area contributed by atoms with Crippen LogP contribution in [0.5, 0.6) is 0 Å². The molecule has 0 heterocycles. The number of rotatable bonds is 7. The molecule has 2 saturated carbocycles. The first kappa shape index (κ1) is 17.1. The lowest BCUT2D eigenvalue weighted by molar-refractivity contribution is -0.154. The van der Waals surface area contributed by atoms with Crippen LogP contribution < -0.4 is 5.32 Å². The SMILES string of the molecule is CC(C)N(CC(F)(F)F)CC1(CNC2CC2)CCCCC1. The highest BCUT2D eigenvalue weighted by molar-refractivity contribution is 4.92. The molecule has 0 atom stereocenters. The maximum atomic E-state index is 12.8. The maximum Gasteiger partial charge on any atom is 0.401 e. The molecular weight excluding hydrogens is 277 g/mol. The van der Waals surface area contributed by atoms with E-state index in [0.29, 0.717) is 12.6 Å². The van der Waals surface area contributed by atoms with Gasteiger partial charge in [-0.15, -0.1) is 0 Å². The van der Waals surface area contributed by atoms with E-state index in [1.54, 1.807) is 4.90 Å². The molecule has 2 aliphatic carbocycles. The van der Waals surface area contributed by atoms with Gasteiger partial charge in [0.15, 0.2) is 0 Å². The molecule has 0 unspecified atom stereocenters. The molecule has 0 aliphatic heterocycles. The highest BCUT2D eigenvalue weighted by Crippen LogP contribution is 2.38. The summed E-state index contributed by atoms with van der Waals surface area (Å²) in [5.74, 6) is 0. The maximum absolute atomic E-state index is 12.8. The second-order valence-electron chi connectivity index (χ2n) is 7.33. The van der Waals surface area contributed by atoms with Crippen LogP contribution in [0.3, 0.4) is 0 Å². The van der Waals surface area contributed by atoms with E-state index in [1.807, 2.05) is 13.8 Å². The van der Waals surface area contributed by atoms with Crippen LogP contribution in [-0.2, 0) is 0 Å². The first-order valence-electron chi connectivity index (χ1n) is 8.34. The average molecular weight is 306 g/mol. The average Bonchev–Trinajstić information content (AvgIpc) is 3.19. The Morgan fingerprint density at radius 1 is 1.14 bits per heavy atom. The van der Waals surface area contributed by atoms with Crippen molar-refractivity contribution in [3.63, 3.8) is 0 Å². The minimum absolute atomic E-state index is 0.0381. The van der Waals surface area contributed by atoms with Crippen LogP contribution in [0.4, 0.5) is 13.2 Å². The number of nitrogens with one attached hydrogen (secondary N) is 1. The number of nitrogens with zero attached hydrogens (tertiary/aromatic N) is 1. The molecule has 0 radical (unpaired) electrons. The molecule has 0 aromatic rings. The number of alkyl halides is 3. The van der Waals surface area contributed by atoms with E-state index >= 15 is 0 Å². The van der Waals surface area contributed by atoms with Crippen LogP contribution in [0.2, 0.25) is 0 Å². The van der Waals surface area contributed by atoms with E-state index in [1.165, 1.54) is 19.3 Å². The molecule has 1 N–H and O–H groups in total. The molecule has 0 spiro atoms. The summed E-state index contributed by atoms with van der Waals surface area (Å²) in [5.41, 5.74) is 0.0381. The van der Waals surface area contributed by atoms with E-state index in [0.717, 1.165) is 32.2 Å². The van der Waals surface area contributed by atoms with E-state index in [4.69, 9.17) is 0 Å². The third-order valence-corrected chi connectivity index (χ3v) is 4.91. The summed E-state index contributed by atoms with van der Waals surface area (Å²) in [6, 6.07) is 0.560. The predicted molar refractivity (Wildman–Crippen MR) is 79.3 cm³/mol. The number of hydrogen-bond acceptors (Lipinski definition) is 2. The molecule has 0 bridgehead atoms. The summed E-state index contributed by atoms with van der Waals surface area (Å²) >= 11 is 0. The van der Waals surface area contributed by atoms with Gasteiger partial charge in [0.25, 0.3) is 0 Å². The molecule has 0 amide bonds. The van der Waals surface area contributed by atoms with Gasteiger partial charge in [0, 0.05) is 25.2 Å². The molecule has 2 aliphatic rings. The Morgan fingerprint density at radius 3 is 2.24 bits per heavy atom. The molecule has 0 aromatic carbocycles.